The van der Waals surface area contributed by atoms with Crippen LogP contribution in [-0.2, 0) is 21.4 Å². The van der Waals surface area contributed by atoms with Gasteiger partial charge in [0, 0.05) is 31.0 Å². The highest BCUT2D eigenvalue weighted by atomic mass is 32.2. The van der Waals surface area contributed by atoms with Gasteiger partial charge in [-0.2, -0.15) is 8.42 Å². The van der Waals surface area contributed by atoms with E-state index < -0.39 is 15.9 Å². The molecule has 4 rings (SSSR count). The number of carbonyl (C=O) groups is 2. The Hall–Kier alpha value is -4.64. The molecule has 0 aliphatic rings. The number of amides is 2. The fraction of sp³-hybridized carbons (Fsp3) is 0.148. The molecule has 196 valence electrons. The van der Waals surface area contributed by atoms with Crippen molar-refractivity contribution in [3.63, 3.8) is 0 Å². The van der Waals surface area contributed by atoms with Crippen LogP contribution in [0.1, 0.15) is 16.8 Å². The van der Waals surface area contributed by atoms with Crippen LogP contribution in [0.4, 0.5) is 5.69 Å². The van der Waals surface area contributed by atoms with Gasteiger partial charge in [-0.05, 0) is 55.0 Å². The van der Waals surface area contributed by atoms with Crippen molar-refractivity contribution in [1.82, 2.24) is 20.2 Å². The predicted octanol–water partition coefficient (Wildman–Crippen LogP) is 3.01. The van der Waals surface area contributed by atoms with Crippen LogP contribution in [0.15, 0.2) is 109 Å². The van der Waals surface area contributed by atoms with E-state index in [-0.39, 0.29) is 22.9 Å². The Balaban J connectivity index is 1.36. The van der Waals surface area contributed by atoms with Gasteiger partial charge < -0.3 is 20.0 Å². The number of hydrogen-bond acceptors (Lipinski definition) is 6. The standard InChI is InChI=1S/C27H27N5O5S/c33-26(29-16-7-18-31-19-17-28-21-31)20-30-27(34)22-12-14-25(15-13-22)38(35,36)32(23-8-3-1-4-9-23)37-24-10-5-2-6-11-24/h1-6,8-15,17,19,21H,7,16,18,20H2,(H,29,33)(H,30,34). The summed E-state index contributed by atoms with van der Waals surface area (Å²) in [5.74, 6) is -0.473. The zero-order valence-corrected chi connectivity index (χ0v) is 21.3. The topological polar surface area (TPSA) is 123 Å². The van der Waals surface area contributed by atoms with Crippen LogP contribution < -0.4 is 19.9 Å². The first-order valence-corrected chi connectivity index (χ1v) is 13.3. The number of nitrogens with zero attached hydrogens (tertiary/aromatic N) is 3. The molecule has 0 bridgehead atoms. The first kappa shape index (κ1) is 26.4. The Morgan fingerprint density at radius 1 is 0.895 bits per heavy atom. The number of nitrogens with one attached hydrogen (secondary N) is 2. The summed E-state index contributed by atoms with van der Waals surface area (Å²) in [5, 5.41) is 5.28. The number of imidazole rings is 1. The van der Waals surface area contributed by atoms with E-state index in [0.29, 0.717) is 18.0 Å². The number of sulfonamides is 1. The van der Waals surface area contributed by atoms with Gasteiger partial charge in [0.25, 0.3) is 15.9 Å². The highest BCUT2D eigenvalue weighted by molar-refractivity contribution is 7.92. The highest BCUT2D eigenvalue weighted by Crippen LogP contribution is 2.26. The zero-order chi connectivity index (χ0) is 26.8. The van der Waals surface area contributed by atoms with E-state index in [2.05, 4.69) is 15.6 Å². The van der Waals surface area contributed by atoms with Gasteiger partial charge in [0.05, 0.1) is 23.5 Å². The number of aryl methyl sites for hydroxylation is 1. The molecule has 0 saturated carbocycles. The van der Waals surface area contributed by atoms with Crippen LogP contribution in [0.2, 0.25) is 0 Å². The lowest BCUT2D eigenvalue weighted by Gasteiger charge is -2.24. The van der Waals surface area contributed by atoms with Crippen LogP contribution >= 0.6 is 0 Å². The summed E-state index contributed by atoms with van der Waals surface area (Å²) in [6.45, 7) is 0.985. The Morgan fingerprint density at radius 3 is 2.24 bits per heavy atom. The van der Waals surface area contributed by atoms with Crippen LogP contribution in [0.5, 0.6) is 5.75 Å². The summed E-state index contributed by atoms with van der Waals surface area (Å²) in [6, 6.07) is 22.4. The molecule has 38 heavy (non-hydrogen) atoms. The maximum Gasteiger partial charge on any atom is 0.295 e. The maximum atomic E-state index is 13.5. The van der Waals surface area contributed by atoms with Crippen LogP contribution in [0, 0.1) is 0 Å². The Morgan fingerprint density at radius 2 is 1.58 bits per heavy atom. The molecule has 0 radical (unpaired) electrons. The monoisotopic (exact) mass is 533 g/mol. The van der Waals surface area contributed by atoms with Crippen molar-refractivity contribution in [2.45, 2.75) is 17.9 Å². The number of carbonyl (C=O) groups excluding carboxylic acids is 2. The van der Waals surface area contributed by atoms with Crippen molar-refractivity contribution in [3.8, 4) is 5.75 Å². The molecule has 11 heteroatoms. The third-order valence-electron chi connectivity index (χ3n) is 5.42. The van der Waals surface area contributed by atoms with Gasteiger partial charge in [-0.25, -0.2) is 4.98 Å². The highest BCUT2D eigenvalue weighted by Gasteiger charge is 2.27. The third kappa shape index (κ3) is 6.98. The molecule has 4 aromatic rings. The molecule has 0 spiro atoms. The van der Waals surface area contributed by atoms with E-state index in [1.165, 1.54) is 24.3 Å². The average Bonchev–Trinajstić information content (AvgIpc) is 3.47. The fourth-order valence-electron chi connectivity index (χ4n) is 3.47. The number of para-hydroxylation sites is 2. The third-order valence-corrected chi connectivity index (χ3v) is 7.01. The second-order valence-electron chi connectivity index (χ2n) is 8.18. The molecule has 0 unspecified atom stereocenters. The van der Waals surface area contributed by atoms with Gasteiger partial charge in [-0.15, -0.1) is 0 Å². The molecular weight excluding hydrogens is 506 g/mol. The molecular formula is C27H27N5O5S. The minimum atomic E-state index is -4.14. The number of hydrogen-bond donors (Lipinski definition) is 2. The van der Waals surface area contributed by atoms with Crippen LogP contribution in [0.3, 0.4) is 0 Å². The number of benzene rings is 3. The smallest absolute Gasteiger partial charge is 0.295 e. The molecule has 10 nitrogen and oxygen atoms in total. The van der Waals surface area contributed by atoms with E-state index in [1.807, 2.05) is 10.8 Å². The van der Waals surface area contributed by atoms with Gasteiger partial charge in [-0.3, -0.25) is 9.59 Å². The summed E-state index contributed by atoms with van der Waals surface area (Å²) in [6.07, 6.45) is 5.95. The number of anilines is 1. The van der Waals surface area contributed by atoms with E-state index in [0.717, 1.165) is 17.4 Å². The van der Waals surface area contributed by atoms with Crippen molar-refractivity contribution < 1.29 is 22.8 Å². The number of aromatic nitrogens is 2. The molecule has 2 amide bonds. The molecule has 1 aromatic heterocycles. The zero-order valence-electron chi connectivity index (χ0n) is 20.4. The lowest BCUT2D eigenvalue weighted by atomic mass is 10.2. The quantitative estimate of drug-likeness (QED) is 0.213. The van der Waals surface area contributed by atoms with E-state index in [1.54, 1.807) is 73.2 Å². The molecule has 1 heterocycles. The van der Waals surface area contributed by atoms with Gasteiger partial charge in [0.2, 0.25) is 5.91 Å². The Bertz CT molecular complexity index is 1430. The average molecular weight is 534 g/mol. The van der Waals surface area contributed by atoms with Crippen molar-refractivity contribution in [2.75, 3.05) is 17.6 Å². The molecule has 0 aliphatic carbocycles. The minimum Gasteiger partial charge on any atom is -0.364 e. The van der Waals surface area contributed by atoms with Crippen LogP contribution in [-0.4, -0.2) is 42.9 Å². The summed E-state index contributed by atoms with van der Waals surface area (Å²) in [5.41, 5.74) is 0.529. The van der Waals surface area contributed by atoms with Crippen LogP contribution in [0.25, 0.3) is 0 Å². The fourth-order valence-corrected chi connectivity index (χ4v) is 4.73. The van der Waals surface area contributed by atoms with Gasteiger partial charge >= 0.3 is 0 Å². The maximum absolute atomic E-state index is 13.5. The molecule has 0 fully saturated rings. The minimum absolute atomic E-state index is 0.0653. The summed E-state index contributed by atoms with van der Waals surface area (Å²) in [7, 11) is -4.14. The summed E-state index contributed by atoms with van der Waals surface area (Å²) < 4.78 is 29.7. The van der Waals surface area contributed by atoms with Gasteiger partial charge in [0.1, 0.15) is 0 Å². The number of rotatable bonds is 12. The molecule has 0 atom stereocenters. The lowest BCUT2D eigenvalue weighted by molar-refractivity contribution is -0.120. The Labute approximate surface area is 220 Å². The van der Waals surface area contributed by atoms with Crippen molar-refractivity contribution in [3.05, 3.63) is 109 Å². The normalized spacial score (nSPS) is 10.9. The second kappa shape index (κ2) is 12.5. The predicted molar refractivity (Wildman–Crippen MR) is 142 cm³/mol. The van der Waals surface area contributed by atoms with Crippen molar-refractivity contribution >= 4 is 27.5 Å². The first-order valence-electron chi connectivity index (χ1n) is 11.9. The van der Waals surface area contributed by atoms with Crippen molar-refractivity contribution in [1.29, 1.82) is 0 Å². The summed E-state index contributed by atoms with van der Waals surface area (Å²) >= 11 is 0. The van der Waals surface area contributed by atoms with E-state index >= 15 is 0 Å². The second-order valence-corrected chi connectivity index (χ2v) is 9.94. The molecule has 0 saturated heterocycles. The largest absolute Gasteiger partial charge is 0.364 e. The van der Waals surface area contributed by atoms with Crippen molar-refractivity contribution in [2.24, 2.45) is 0 Å². The van der Waals surface area contributed by atoms with E-state index in [4.69, 9.17) is 4.84 Å². The SMILES string of the molecule is O=C(CNC(=O)c1ccc(S(=O)(=O)N(Oc2ccccc2)c2ccccc2)cc1)NCCCn1ccnc1. The molecule has 3 aromatic carbocycles. The molecule has 0 aliphatic heterocycles. The van der Waals surface area contributed by atoms with Gasteiger partial charge in [0.15, 0.2) is 5.75 Å². The molecule has 2 N–H and O–H groups in total. The van der Waals surface area contributed by atoms with E-state index in [9.17, 15) is 18.0 Å². The lowest BCUT2D eigenvalue weighted by Crippen LogP contribution is -2.37. The Kier molecular flexibility index (Phi) is 8.73. The summed E-state index contributed by atoms with van der Waals surface area (Å²) in [4.78, 5) is 34.2. The van der Waals surface area contributed by atoms with Gasteiger partial charge in [-0.1, -0.05) is 40.9 Å². The first-order chi connectivity index (χ1) is 18.4.